The largest absolute Gasteiger partial charge is 0.497 e. The lowest BCUT2D eigenvalue weighted by atomic mass is 10.2. The van der Waals surface area contributed by atoms with Gasteiger partial charge in [-0.25, -0.2) is 4.39 Å². The molecule has 2 rings (SSSR count). The maximum absolute atomic E-state index is 13.6. The smallest absolute Gasteiger partial charge is 0.226 e. The molecule has 0 aliphatic carbocycles. The van der Waals surface area contributed by atoms with E-state index in [1.54, 1.807) is 30.3 Å². The third-order valence-corrected chi connectivity index (χ3v) is 3.77. The van der Waals surface area contributed by atoms with E-state index in [4.69, 9.17) is 9.47 Å². The lowest BCUT2D eigenvalue weighted by Crippen LogP contribution is -2.32. The van der Waals surface area contributed by atoms with Gasteiger partial charge in [-0.2, -0.15) is 0 Å². The minimum atomic E-state index is -0.513. The number of carbonyl (C=O) groups excluding carboxylic acids is 2. The highest BCUT2D eigenvalue weighted by atomic mass is 19.1. The number of hydrogen-bond acceptors (Lipinski definition) is 4. The fraction of sp³-hybridized carbons (Fsp3) is 0.263. The Hall–Kier alpha value is -3.09. The molecular formula is C19H21FN2O4. The van der Waals surface area contributed by atoms with E-state index >= 15 is 0 Å². The first-order valence-corrected chi connectivity index (χ1v) is 8.00. The molecule has 2 amide bonds. The summed E-state index contributed by atoms with van der Waals surface area (Å²) in [4.78, 5) is 25.6. The van der Waals surface area contributed by atoms with Gasteiger partial charge in [0.05, 0.1) is 25.6 Å². The van der Waals surface area contributed by atoms with Crippen molar-refractivity contribution in [2.75, 3.05) is 31.0 Å². The first kappa shape index (κ1) is 19.2. The van der Waals surface area contributed by atoms with Crippen molar-refractivity contribution in [1.29, 1.82) is 0 Å². The molecule has 0 fully saturated rings. The molecule has 0 radical (unpaired) electrons. The van der Waals surface area contributed by atoms with Crippen LogP contribution in [0.15, 0.2) is 42.5 Å². The van der Waals surface area contributed by atoms with Crippen LogP contribution in [0.5, 0.6) is 11.5 Å². The molecule has 0 saturated carbocycles. The Labute approximate surface area is 151 Å². The quantitative estimate of drug-likeness (QED) is 0.823. The summed E-state index contributed by atoms with van der Waals surface area (Å²) in [5.74, 6) is -0.109. The third-order valence-electron chi connectivity index (χ3n) is 3.77. The van der Waals surface area contributed by atoms with Crippen molar-refractivity contribution < 1.29 is 23.5 Å². The Bertz CT molecular complexity index is 795. The average molecular weight is 360 g/mol. The molecule has 0 bridgehead atoms. The van der Waals surface area contributed by atoms with Gasteiger partial charge in [0.2, 0.25) is 11.8 Å². The van der Waals surface area contributed by atoms with E-state index in [2.05, 4.69) is 5.32 Å². The number of hydrogen-bond donors (Lipinski definition) is 1. The van der Waals surface area contributed by atoms with Gasteiger partial charge in [-0.1, -0.05) is 12.1 Å². The fourth-order valence-electron chi connectivity index (χ4n) is 2.44. The number of amides is 2. The number of anilines is 2. The molecule has 6 nitrogen and oxygen atoms in total. The minimum absolute atomic E-state index is 0.00307. The Kier molecular flexibility index (Phi) is 6.54. The molecule has 7 heteroatoms. The molecule has 0 heterocycles. The molecule has 0 unspecified atom stereocenters. The molecule has 1 N–H and O–H groups in total. The first-order chi connectivity index (χ1) is 12.5. The van der Waals surface area contributed by atoms with Crippen molar-refractivity contribution >= 4 is 23.2 Å². The highest BCUT2D eigenvalue weighted by molar-refractivity contribution is 5.96. The number of ether oxygens (including phenoxy) is 2. The predicted molar refractivity (Wildman–Crippen MR) is 97.2 cm³/mol. The zero-order chi connectivity index (χ0) is 19.1. The van der Waals surface area contributed by atoms with Crippen LogP contribution in [-0.2, 0) is 9.59 Å². The lowest BCUT2D eigenvalue weighted by Gasteiger charge is -2.23. The van der Waals surface area contributed by atoms with Gasteiger partial charge in [0.1, 0.15) is 17.3 Å². The summed E-state index contributed by atoms with van der Waals surface area (Å²) in [7, 11) is 3.02. The zero-order valence-electron chi connectivity index (χ0n) is 14.9. The SMILES string of the molecule is COc1ccc(N(CCC(=O)Nc2ccccc2F)C(C)=O)c(OC)c1. The van der Waals surface area contributed by atoms with Crippen LogP contribution in [0.2, 0.25) is 0 Å². The number of nitrogens with one attached hydrogen (secondary N) is 1. The van der Waals surface area contributed by atoms with Crippen LogP contribution >= 0.6 is 0 Å². The summed E-state index contributed by atoms with van der Waals surface area (Å²) >= 11 is 0. The minimum Gasteiger partial charge on any atom is -0.497 e. The normalized spacial score (nSPS) is 10.2. The van der Waals surface area contributed by atoms with Gasteiger partial charge in [0.15, 0.2) is 0 Å². The van der Waals surface area contributed by atoms with Crippen molar-refractivity contribution in [2.24, 2.45) is 0 Å². The van der Waals surface area contributed by atoms with E-state index in [0.717, 1.165) is 0 Å². The van der Waals surface area contributed by atoms with Crippen LogP contribution in [0.3, 0.4) is 0 Å². The summed E-state index contributed by atoms with van der Waals surface area (Å²) in [6, 6.07) is 11.0. The predicted octanol–water partition coefficient (Wildman–Crippen LogP) is 3.22. The standard InChI is InChI=1S/C19H21FN2O4/c1-13(23)22(17-9-8-14(25-2)12-18(17)26-3)11-10-19(24)21-16-7-5-4-6-15(16)20/h4-9,12H,10-11H2,1-3H3,(H,21,24). The second-order valence-electron chi connectivity index (χ2n) is 5.49. The molecular weight excluding hydrogens is 339 g/mol. The highest BCUT2D eigenvalue weighted by Gasteiger charge is 2.18. The second-order valence-corrected chi connectivity index (χ2v) is 5.49. The van der Waals surface area contributed by atoms with Gasteiger partial charge in [0.25, 0.3) is 0 Å². The van der Waals surface area contributed by atoms with Crippen LogP contribution in [0.25, 0.3) is 0 Å². The number of methoxy groups -OCH3 is 2. The van der Waals surface area contributed by atoms with Gasteiger partial charge in [-0.3, -0.25) is 9.59 Å². The topological polar surface area (TPSA) is 67.9 Å². The van der Waals surface area contributed by atoms with Crippen LogP contribution < -0.4 is 19.7 Å². The maximum Gasteiger partial charge on any atom is 0.226 e. The molecule has 0 atom stereocenters. The molecule has 2 aromatic rings. The molecule has 0 aliphatic heterocycles. The molecule has 0 aromatic heterocycles. The van der Waals surface area contributed by atoms with Gasteiger partial charge < -0.3 is 19.7 Å². The van der Waals surface area contributed by atoms with Crippen LogP contribution in [-0.4, -0.2) is 32.6 Å². The number of rotatable bonds is 7. The molecule has 0 saturated heterocycles. The van der Waals surface area contributed by atoms with Crippen LogP contribution in [0, 0.1) is 5.82 Å². The van der Waals surface area contributed by atoms with E-state index < -0.39 is 11.7 Å². The van der Waals surface area contributed by atoms with E-state index in [9.17, 15) is 14.0 Å². The second kappa shape index (κ2) is 8.84. The summed E-state index contributed by atoms with van der Waals surface area (Å²) in [6.45, 7) is 1.52. The van der Waals surface area contributed by atoms with Gasteiger partial charge in [-0.05, 0) is 24.3 Å². The summed E-state index contributed by atoms with van der Waals surface area (Å²) in [5, 5.41) is 2.50. The third kappa shape index (κ3) is 4.72. The van der Waals surface area contributed by atoms with E-state index in [1.165, 1.54) is 38.2 Å². The fourth-order valence-corrected chi connectivity index (χ4v) is 2.44. The van der Waals surface area contributed by atoms with Crippen molar-refractivity contribution in [3.8, 4) is 11.5 Å². The van der Waals surface area contributed by atoms with Gasteiger partial charge in [-0.15, -0.1) is 0 Å². The van der Waals surface area contributed by atoms with Crippen molar-refractivity contribution in [3.05, 3.63) is 48.3 Å². The number of carbonyl (C=O) groups is 2. The lowest BCUT2D eigenvalue weighted by molar-refractivity contribution is -0.117. The number of para-hydroxylation sites is 1. The number of halogens is 1. The molecule has 2 aromatic carbocycles. The average Bonchev–Trinajstić information content (AvgIpc) is 2.63. The van der Waals surface area contributed by atoms with Crippen LogP contribution in [0.4, 0.5) is 15.8 Å². The molecule has 26 heavy (non-hydrogen) atoms. The maximum atomic E-state index is 13.6. The first-order valence-electron chi connectivity index (χ1n) is 8.00. The van der Waals surface area contributed by atoms with Crippen molar-refractivity contribution in [3.63, 3.8) is 0 Å². The van der Waals surface area contributed by atoms with E-state index in [0.29, 0.717) is 17.2 Å². The molecule has 138 valence electrons. The van der Waals surface area contributed by atoms with Gasteiger partial charge in [0, 0.05) is 26.0 Å². The molecule has 0 spiro atoms. The number of benzene rings is 2. The van der Waals surface area contributed by atoms with Crippen molar-refractivity contribution in [1.82, 2.24) is 0 Å². The van der Waals surface area contributed by atoms with Crippen molar-refractivity contribution in [2.45, 2.75) is 13.3 Å². The summed E-state index contributed by atoms with van der Waals surface area (Å²) in [6.07, 6.45) is 0.00307. The molecule has 0 aliphatic rings. The Morgan fingerprint density at radius 2 is 1.85 bits per heavy atom. The van der Waals surface area contributed by atoms with Crippen LogP contribution in [0.1, 0.15) is 13.3 Å². The Morgan fingerprint density at radius 3 is 2.46 bits per heavy atom. The van der Waals surface area contributed by atoms with E-state index in [1.807, 2.05) is 0 Å². The number of nitrogens with zero attached hydrogens (tertiary/aromatic N) is 1. The monoisotopic (exact) mass is 360 g/mol. The van der Waals surface area contributed by atoms with Gasteiger partial charge >= 0.3 is 0 Å². The summed E-state index contributed by atoms with van der Waals surface area (Å²) in [5.41, 5.74) is 0.633. The Balaban J connectivity index is 2.10. The highest BCUT2D eigenvalue weighted by Crippen LogP contribution is 2.32. The van der Waals surface area contributed by atoms with E-state index in [-0.39, 0.29) is 24.6 Å². The zero-order valence-corrected chi connectivity index (χ0v) is 14.9. The Morgan fingerprint density at radius 1 is 1.12 bits per heavy atom. The summed E-state index contributed by atoms with van der Waals surface area (Å²) < 4.78 is 24.1.